The highest BCUT2D eigenvalue weighted by atomic mass is 32.2. The molecule has 3 N–H and O–H groups in total. The summed E-state index contributed by atoms with van der Waals surface area (Å²) in [7, 11) is -3.46. The van der Waals surface area contributed by atoms with Crippen LogP contribution in [0.1, 0.15) is 11.3 Å². The molecule has 0 saturated carbocycles. The van der Waals surface area contributed by atoms with Gasteiger partial charge in [0.25, 0.3) is 0 Å². The van der Waals surface area contributed by atoms with E-state index in [1.807, 2.05) is 44.2 Å². The zero-order valence-corrected chi connectivity index (χ0v) is 16.7. The Kier molecular flexibility index (Phi) is 6.04. The topological polar surface area (TPSA) is 96.0 Å². The third-order valence-corrected chi connectivity index (χ3v) is 6.50. The van der Waals surface area contributed by atoms with Crippen LogP contribution in [0.25, 0.3) is 0 Å². The number of rotatable bonds is 8. The molecule has 7 nitrogen and oxygen atoms in total. The van der Waals surface area contributed by atoms with Crippen LogP contribution < -0.4 is 15.4 Å². The van der Waals surface area contributed by atoms with Crippen molar-refractivity contribution in [3.63, 3.8) is 0 Å². The van der Waals surface area contributed by atoms with Crippen LogP contribution in [-0.2, 0) is 10.0 Å². The first-order chi connectivity index (χ1) is 12.9. The second-order valence-corrected chi connectivity index (χ2v) is 8.91. The van der Waals surface area contributed by atoms with Crippen LogP contribution in [-0.4, -0.2) is 31.5 Å². The summed E-state index contributed by atoms with van der Waals surface area (Å²) >= 11 is 1.19. The van der Waals surface area contributed by atoms with E-state index in [2.05, 4.69) is 25.3 Å². The van der Waals surface area contributed by atoms with Crippen LogP contribution in [0.15, 0.2) is 52.1 Å². The highest BCUT2D eigenvalue weighted by Gasteiger charge is 2.13. The van der Waals surface area contributed by atoms with E-state index in [9.17, 15) is 8.42 Å². The summed E-state index contributed by atoms with van der Waals surface area (Å²) in [5.74, 6) is 1.12. The first-order valence-corrected chi connectivity index (χ1v) is 10.7. The lowest BCUT2D eigenvalue weighted by molar-refractivity contribution is 0.585. The van der Waals surface area contributed by atoms with Gasteiger partial charge in [-0.25, -0.2) is 18.1 Å². The number of hydrogen-bond acceptors (Lipinski definition) is 7. The van der Waals surface area contributed by atoms with Crippen molar-refractivity contribution in [3.8, 4) is 0 Å². The maximum absolute atomic E-state index is 12.1. The Balaban J connectivity index is 1.57. The van der Waals surface area contributed by atoms with E-state index in [4.69, 9.17) is 0 Å². The van der Waals surface area contributed by atoms with Crippen LogP contribution in [0.2, 0.25) is 0 Å². The molecule has 0 aliphatic heterocycles. The standard InChI is InChI=1S/C18H21N5O2S2/c1-13-5-7-15(8-6-13)22-16-12-14(2)21-18(23-16)19-9-10-20-27(24,25)17-4-3-11-26-17/h3-8,11-12,20H,9-10H2,1-2H3,(H2,19,21,22,23). The Labute approximate surface area is 162 Å². The number of thiophene rings is 1. The molecule has 0 amide bonds. The fourth-order valence-corrected chi connectivity index (χ4v) is 4.41. The van der Waals surface area contributed by atoms with Crippen molar-refractivity contribution in [1.29, 1.82) is 0 Å². The molecule has 0 aliphatic rings. The van der Waals surface area contributed by atoms with Gasteiger partial charge in [0.1, 0.15) is 10.0 Å². The average Bonchev–Trinajstić information content (AvgIpc) is 3.16. The van der Waals surface area contributed by atoms with Gasteiger partial charge in [-0.1, -0.05) is 23.8 Å². The van der Waals surface area contributed by atoms with E-state index in [1.165, 1.54) is 16.9 Å². The van der Waals surface area contributed by atoms with Crippen molar-refractivity contribution in [2.45, 2.75) is 18.1 Å². The lowest BCUT2D eigenvalue weighted by Crippen LogP contribution is -2.28. The van der Waals surface area contributed by atoms with Crippen molar-refractivity contribution in [2.24, 2.45) is 0 Å². The number of nitrogens with zero attached hydrogens (tertiary/aromatic N) is 2. The van der Waals surface area contributed by atoms with E-state index < -0.39 is 10.0 Å². The lowest BCUT2D eigenvalue weighted by atomic mass is 10.2. The van der Waals surface area contributed by atoms with Gasteiger partial charge in [-0.15, -0.1) is 11.3 Å². The summed E-state index contributed by atoms with van der Waals surface area (Å²) in [4.78, 5) is 8.76. The number of nitrogens with one attached hydrogen (secondary N) is 3. The molecule has 3 rings (SSSR count). The average molecular weight is 404 g/mol. The lowest BCUT2D eigenvalue weighted by Gasteiger charge is -2.10. The number of hydrogen-bond donors (Lipinski definition) is 3. The molecule has 0 radical (unpaired) electrons. The van der Waals surface area contributed by atoms with E-state index in [-0.39, 0.29) is 6.54 Å². The molecular formula is C18H21N5O2S2. The van der Waals surface area contributed by atoms with Gasteiger partial charge >= 0.3 is 0 Å². The predicted molar refractivity (Wildman–Crippen MR) is 109 cm³/mol. The predicted octanol–water partition coefficient (Wildman–Crippen LogP) is 3.29. The Morgan fingerprint density at radius 3 is 2.52 bits per heavy atom. The summed E-state index contributed by atoms with van der Waals surface area (Å²) in [5, 5.41) is 8.03. The van der Waals surface area contributed by atoms with Crippen molar-refractivity contribution in [2.75, 3.05) is 23.7 Å². The first kappa shape index (κ1) is 19.3. The van der Waals surface area contributed by atoms with Gasteiger partial charge in [-0.3, -0.25) is 0 Å². The smallest absolute Gasteiger partial charge is 0.250 e. The summed E-state index contributed by atoms with van der Waals surface area (Å²) in [6.07, 6.45) is 0. The van der Waals surface area contributed by atoms with Gasteiger partial charge in [0.15, 0.2) is 0 Å². The quantitative estimate of drug-likeness (QED) is 0.500. The number of aromatic nitrogens is 2. The summed E-state index contributed by atoms with van der Waals surface area (Å²) in [6.45, 7) is 4.52. The molecule has 3 aromatic rings. The molecule has 2 heterocycles. The van der Waals surface area contributed by atoms with Gasteiger partial charge < -0.3 is 10.6 Å². The molecule has 27 heavy (non-hydrogen) atoms. The molecular weight excluding hydrogens is 382 g/mol. The molecule has 9 heteroatoms. The van der Waals surface area contributed by atoms with Crippen LogP contribution in [0.4, 0.5) is 17.5 Å². The van der Waals surface area contributed by atoms with Gasteiger partial charge in [-0.05, 0) is 37.4 Å². The van der Waals surface area contributed by atoms with Crippen molar-refractivity contribution in [1.82, 2.24) is 14.7 Å². The third kappa shape index (κ3) is 5.49. The second kappa shape index (κ2) is 8.47. The molecule has 0 unspecified atom stereocenters. The molecule has 0 spiro atoms. The maximum Gasteiger partial charge on any atom is 0.250 e. The largest absolute Gasteiger partial charge is 0.353 e. The van der Waals surface area contributed by atoms with Crippen LogP contribution >= 0.6 is 11.3 Å². The Morgan fingerprint density at radius 2 is 1.81 bits per heavy atom. The highest BCUT2D eigenvalue weighted by Crippen LogP contribution is 2.17. The SMILES string of the molecule is Cc1ccc(Nc2cc(C)nc(NCCNS(=O)(=O)c3cccs3)n2)cc1. The minimum atomic E-state index is -3.46. The molecule has 0 atom stereocenters. The zero-order chi connectivity index (χ0) is 19.3. The van der Waals surface area contributed by atoms with E-state index >= 15 is 0 Å². The van der Waals surface area contributed by atoms with Crippen LogP contribution in [0, 0.1) is 13.8 Å². The Hall–Kier alpha value is -2.49. The van der Waals surface area contributed by atoms with Gasteiger partial charge in [0.2, 0.25) is 16.0 Å². The van der Waals surface area contributed by atoms with Gasteiger partial charge in [0, 0.05) is 30.5 Å². The Bertz CT molecular complexity index is 987. The molecule has 0 fully saturated rings. The zero-order valence-electron chi connectivity index (χ0n) is 15.1. The van der Waals surface area contributed by atoms with Gasteiger partial charge in [0.05, 0.1) is 0 Å². The van der Waals surface area contributed by atoms with E-state index in [1.54, 1.807) is 17.5 Å². The minimum Gasteiger partial charge on any atom is -0.353 e. The second-order valence-electron chi connectivity index (χ2n) is 5.97. The van der Waals surface area contributed by atoms with Crippen molar-refractivity contribution < 1.29 is 8.42 Å². The molecule has 0 bridgehead atoms. The molecule has 1 aromatic carbocycles. The van der Waals surface area contributed by atoms with E-state index in [0.29, 0.717) is 22.5 Å². The van der Waals surface area contributed by atoms with Crippen molar-refractivity contribution in [3.05, 3.63) is 59.1 Å². The van der Waals surface area contributed by atoms with E-state index in [0.717, 1.165) is 11.4 Å². The third-order valence-electron chi connectivity index (χ3n) is 3.64. The monoisotopic (exact) mass is 403 g/mol. The minimum absolute atomic E-state index is 0.234. The fraction of sp³-hybridized carbons (Fsp3) is 0.222. The number of benzene rings is 1. The fourth-order valence-electron chi connectivity index (χ4n) is 2.34. The molecule has 0 aliphatic carbocycles. The maximum atomic E-state index is 12.1. The summed E-state index contributed by atoms with van der Waals surface area (Å²) in [6, 6.07) is 13.2. The van der Waals surface area contributed by atoms with Crippen molar-refractivity contribution >= 4 is 38.8 Å². The number of anilines is 3. The first-order valence-electron chi connectivity index (χ1n) is 8.39. The molecule has 142 valence electrons. The summed E-state index contributed by atoms with van der Waals surface area (Å²) < 4.78 is 27.0. The number of aryl methyl sites for hydroxylation is 2. The molecule has 2 aromatic heterocycles. The van der Waals surface area contributed by atoms with Crippen LogP contribution in [0.3, 0.4) is 0 Å². The number of sulfonamides is 1. The Morgan fingerprint density at radius 1 is 1.04 bits per heavy atom. The molecule has 0 saturated heterocycles. The summed E-state index contributed by atoms with van der Waals surface area (Å²) in [5.41, 5.74) is 2.93. The normalized spacial score (nSPS) is 11.3. The highest BCUT2D eigenvalue weighted by molar-refractivity contribution is 7.91. The van der Waals surface area contributed by atoms with Gasteiger partial charge in [-0.2, -0.15) is 4.98 Å². The van der Waals surface area contributed by atoms with Crippen LogP contribution in [0.5, 0.6) is 0 Å².